The van der Waals surface area contributed by atoms with Crippen LogP contribution < -0.4 is 0 Å². The summed E-state index contributed by atoms with van der Waals surface area (Å²) in [6.07, 6.45) is 16.7. The molecule has 0 aliphatic carbocycles. The Morgan fingerprint density at radius 1 is 0.590 bits per heavy atom. The molecule has 0 radical (unpaired) electrons. The van der Waals surface area contributed by atoms with E-state index < -0.39 is 5.60 Å². The lowest BCUT2D eigenvalue weighted by atomic mass is 9.80. The average Bonchev–Trinajstić information content (AvgIpc) is 2.97. The van der Waals surface area contributed by atoms with E-state index in [4.69, 9.17) is 16.3 Å². The van der Waals surface area contributed by atoms with Gasteiger partial charge in [-0.3, -0.25) is 4.79 Å². The minimum Gasteiger partial charge on any atom is -0.444 e. The lowest BCUT2D eigenvalue weighted by molar-refractivity contribution is -0.153. The first-order valence-corrected chi connectivity index (χ1v) is 15.9. The Morgan fingerprint density at radius 3 is 1.46 bits per heavy atom. The van der Waals surface area contributed by atoms with Crippen molar-refractivity contribution < 1.29 is 9.53 Å². The van der Waals surface area contributed by atoms with Crippen LogP contribution >= 0.6 is 24.2 Å². The molecule has 0 aliphatic heterocycles. The van der Waals surface area contributed by atoms with Crippen molar-refractivity contribution in [3.05, 3.63) is 107 Å². The molecule has 0 unspecified atom stereocenters. The number of benzene rings is 3. The van der Waals surface area contributed by atoms with Crippen molar-refractivity contribution in [3.63, 3.8) is 0 Å². The number of thiol groups is 1. The molecule has 0 saturated carbocycles. The Kier molecular flexibility index (Phi) is 14.6. The molecule has 0 aromatic heterocycles. The van der Waals surface area contributed by atoms with Gasteiger partial charge in [0.25, 0.3) is 0 Å². The van der Waals surface area contributed by atoms with Crippen LogP contribution in [0.15, 0.2) is 84.9 Å². The van der Waals surface area contributed by atoms with Crippen LogP contribution in [0.1, 0.15) is 107 Å². The topological polar surface area (TPSA) is 26.3 Å². The van der Waals surface area contributed by atoms with Crippen molar-refractivity contribution in [1.82, 2.24) is 0 Å². The first-order valence-electron chi connectivity index (χ1n) is 14.9. The zero-order valence-corrected chi connectivity index (χ0v) is 25.0. The molecular weight excluding hydrogens is 520 g/mol. The van der Waals surface area contributed by atoms with Gasteiger partial charge >= 0.3 is 5.97 Å². The van der Waals surface area contributed by atoms with Gasteiger partial charge in [0.05, 0.1) is 0 Å². The van der Waals surface area contributed by atoms with E-state index in [1.165, 1.54) is 70.6 Å². The summed E-state index contributed by atoms with van der Waals surface area (Å²) in [4.78, 5) is 13.3. The van der Waals surface area contributed by atoms with Crippen LogP contribution in [0.5, 0.6) is 0 Å². The summed E-state index contributed by atoms with van der Waals surface area (Å²) < 4.78 is 6.46. The second-order valence-electron chi connectivity index (χ2n) is 10.4. The summed E-state index contributed by atoms with van der Waals surface area (Å²) >= 11 is 11.0. The van der Waals surface area contributed by atoms with Crippen LogP contribution in [0.4, 0.5) is 0 Å². The van der Waals surface area contributed by atoms with E-state index in [1.807, 2.05) is 84.9 Å². The smallest absolute Gasteiger partial charge is 0.307 e. The highest BCUT2D eigenvalue weighted by Crippen LogP contribution is 2.43. The van der Waals surface area contributed by atoms with Gasteiger partial charge in [0, 0.05) is 28.1 Å². The summed E-state index contributed by atoms with van der Waals surface area (Å²) in [7, 11) is 0. The molecule has 0 fully saturated rings. The van der Waals surface area contributed by atoms with Crippen LogP contribution in [0, 0.1) is 0 Å². The standard InChI is InChI=1S/C35H45ClO2S/c36-33-27-20-19-26-32(33)35(30-22-14-12-15-23-30,31-24-16-13-17-25-31)38-34(37)28-18-10-8-6-4-2-1-3-5-7-9-11-21-29-39/h12-17,19-20,22-27,39H,1-11,18,21,28-29H2. The van der Waals surface area contributed by atoms with Crippen LogP contribution in [0.3, 0.4) is 0 Å². The molecule has 3 aromatic carbocycles. The number of hydrogen-bond donors (Lipinski definition) is 1. The second-order valence-corrected chi connectivity index (χ2v) is 11.3. The van der Waals surface area contributed by atoms with Crippen LogP contribution in [0.2, 0.25) is 5.02 Å². The number of carbonyl (C=O) groups excluding carboxylic acids is 1. The van der Waals surface area contributed by atoms with E-state index in [9.17, 15) is 4.79 Å². The predicted octanol–water partition coefficient (Wildman–Crippen LogP) is 10.6. The van der Waals surface area contributed by atoms with Crippen LogP contribution in [-0.2, 0) is 15.1 Å². The van der Waals surface area contributed by atoms with Crippen molar-refractivity contribution >= 4 is 30.2 Å². The van der Waals surface area contributed by atoms with Gasteiger partial charge in [0.2, 0.25) is 0 Å². The predicted molar refractivity (Wildman–Crippen MR) is 169 cm³/mol. The number of halogens is 1. The molecule has 210 valence electrons. The maximum Gasteiger partial charge on any atom is 0.307 e. The van der Waals surface area contributed by atoms with E-state index in [2.05, 4.69) is 12.6 Å². The lowest BCUT2D eigenvalue weighted by Crippen LogP contribution is -2.35. The molecule has 0 aliphatic rings. The lowest BCUT2D eigenvalue weighted by Gasteiger charge is -2.36. The number of carbonyl (C=O) groups is 1. The molecule has 3 rings (SSSR count). The van der Waals surface area contributed by atoms with Gasteiger partial charge in [-0.15, -0.1) is 0 Å². The van der Waals surface area contributed by atoms with E-state index in [0.29, 0.717) is 11.4 Å². The first-order chi connectivity index (χ1) is 19.2. The highest BCUT2D eigenvalue weighted by atomic mass is 35.5. The number of hydrogen-bond acceptors (Lipinski definition) is 3. The van der Waals surface area contributed by atoms with Gasteiger partial charge in [-0.1, -0.05) is 161 Å². The van der Waals surface area contributed by atoms with Crippen LogP contribution in [-0.4, -0.2) is 11.7 Å². The molecule has 3 aromatic rings. The van der Waals surface area contributed by atoms with E-state index in [1.54, 1.807) is 0 Å². The van der Waals surface area contributed by atoms with Crippen LogP contribution in [0.25, 0.3) is 0 Å². The van der Waals surface area contributed by atoms with E-state index in [0.717, 1.165) is 35.3 Å². The van der Waals surface area contributed by atoms with E-state index in [-0.39, 0.29) is 5.97 Å². The minimum absolute atomic E-state index is 0.197. The van der Waals surface area contributed by atoms with Gasteiger partial charge in [-0.25, -0.2) is 0 Å². The monoisotopic (exact) mass is 564 g/mol. The van der Waals surface area contributed by atoms with Crippen molar-refractivity contribution in [2.24, 2.45) is 0 Å². The summed E-state index contributed by atoms with van der Waals surface area (Å²) in [5, 5.41) is 0.575. The largest absolute Gasteiger partial charge is 0.444 e. The normalized spacial score (nSPS) is 11.4. The molecule has 0 heterocycles. The fourth-order valence-electron chi connectivity index (χ4n) is 5.29. The number of esters is 1. The summed E-state index contributed by atoms with van der Waals surface area (Å²) in [6, 6.07) is 27.5. The fourth-order valence-corrected chi connectivity index (χ4v) is 5.78. The molecule has 0 atom stereocenters. The van der Waals surface area contributed by atoms with Gasteiger partial charge < -0.3 is 4.74 Å². The average molecular weight is 565 g/mol. The highest BCUT2D eigenvalue weighted by Gasteiger charge is 2.41. The summed E-state index contributed by atoms with van der Waals surface area (Å²) in [5.74, 6) is 0.823. The minimum atomic E-state index is -1.11. The molecule has 2 nitrogen and oxygen atoms in total. The third-order valence-electron chi connectivity index (χ3n) is 7.42. The third kappa shape index (κ3) is 10.0. The Balaban J connectivity index is 1.51. The van der Waals surface area contributed by atoms with Crippen molar-refractivity contribution in [1.29, 1.82) is 0 Å². The molecule has 0 bridgehead atoms. The van der Waals surface area contributed by atoms with Gasteiger partial charge in [-0.05, 0) is 24.7 Å². The number of rotatable bonds is 19. The molecule has 0 N–H and O–H groups in total. The van der Waals surface area contributed by atoms with Gasteiger partial charge in [0.1, 0.15) is 0 Å². The summed E-state index contributed by atoms with van der Waals surface area (Å²) in [5.41, 5.74) is 1.44. The maximum absolute atomic E-state index is 13.3. The van der Waals surface area contributed by atoms with Gasteiger partial charge in [-0.2, -0.15) is 12.6 Å². The first kappa shape index (κ1) is 31.3. The quantitative estimate of drug-likeness (QED) is 0.0678. The van der Waals surface area contributed by atoms with Crippen molar-refractivity contribution in [2.45, 2.75) is 95.5 Å². The maximum atomic E-state index is 13.3. The Bertz CT molecular complexity index is 1030. The Morgan fingerprint density at radius 2 is 1.00 bits per heavy atom. The fraction of sp³-hybridized carbons (Fsp3) is 0.457. The molecule has 0 saturated heterocycles. The zero-order valence-electron chi connectivity index (χ0n) is 23.3. The second kappa shape index (κ2) is 18.2. The molecule has 39 heavy (non-hydrogen) atoms. The van der Waals surface area contributed by atoms with Crippen molar-refractivity contribution in [3.8, 4) is 0 Å². The van der Waals surface area contributed by atoms with Gasteiger partial charge in [0.15, 0.2) is 5.60 Å². The summed E-state index contributed by atoms with van der Waals surface area (Å²) in [6.45, 7) is 0. The highest BCUT2D eigenvalue weighted by molar-refractivity contribution is 7.80. The Labute approximate surface area is 246 Å². The molecule has 0 amide bonds. The van der Waals surface area contributed by atoms with Crippen molar-refractivity contribution in [2.75, 3.05) is 5.75 Å². The zero-order chi connectivity index (χ0) is 27.6. The number of unbranched alkanes of at least 4 members (excludes halogenated alkanes) is 12. The Hall–Kier alpha value is -2.23. The molecular formula is C35H45ClO2S. The third-order valence-corrected chi connectivity index (χ3v) is 8.07. The molecule has 0 spiro atoms. The number of ether oxygens (including phenoxy) is 1. The van der Waals surface area contributed by atoms with E-state index >= 15 is 0 Å². The SMILES string of the molecule is O=C(CCCCCCCCCCCCCCCS)OC(c1ccccc1)(c1ccccc1)c1ccccc1Cl. The molecule has 4 heteroatoms.